The van der Waals surface area contributed by atoms with E-state index in [2.05, 4.69) is 19.9 Å². The Morgan fingerprint density at radius 2 is 2.17 bits per heavy atom. The lowest BCUT2D eigenvalue weighted by atomic mass is 9.54. The summed E-state index contributed by atoms with van der Waals surface area (Å²) in [6, 6.07) is 0. The van der Waals surface area contributed by atoms with Gasteiger partial charge in [0.25, 0.3) is 0 Å². The summed E-state index contributed by atoms with van der Waals surface area (Å²) >= 11 is 0. The van der Waals surface area contributed by atoms with Crippen LogP contribution >= 0.6 is 0 Å². The minimum atomic E-state index is -0.579. The number of allylic oxidation sites excluding steroid dienone is 1. The lowest BCUT2D eigenvalue weighted by Gasteiger charge is -2.53. The summed E-state index contributed by atoms with van der Waals surface area (Å²) in [5.41, 5.74) is 2.32. The zero-order chi connectivity index (χ0) is 17.6. The second-order valence-corrected chi connectivity index (χ2v) is 7.70. The van der Waals surface area contributed by atoms with Crippen LogP contribution in [0.3, 0.4) is 0 Å². The van der Waals surface area contributed by atoms with Crippen LogP contribution in [-0.4, -0.2) is 29.9 Å². The number of hydrogen-bond acceptors (Lipinski definition) is 4. The van der Waals surface area contributed by atoms with Gasteiger partial charge in [-0.1, -0.05) is 19.9 Å². The maximum absolute atomic E-state index is 12.2. The van der Waals surface area contributed by atoms with Gasteiger partial charge < -0.3 is 14.6 Å². The van der Waals surface area contributed by atoms with E-state index in [0.717, 1.165) is 29.7 Å². The molecule has 1 N–H and O–H groups in total. The van der Waals surface area contributed by atoms with Crippen molar-refractivity contribution in [3.05, 3.63) is 34.6 Å². The molecule has 0 radical (unpaired) electrons. The van der Waals surface area contributed by atoms with Crippen molar-refractivity contribution < 1.29 is 19.4 Å². The summed E-state index contributed by atoms with van der Waals surface area (Å²) in [6.45, 7) is 10.5. The van der Waals surface area contributed by atoms with Crippen LogP contribution < -0.4 is 0 Å². The fourth-order valence-electron chi connectivity index (χ4n) is 4.39. The Labute approximate surface area is 144 Å². The topological polar surface area (TPSA) is 55.8 Å². The molecule has 1 heterocycles. The molecule has 24 heavy (non-hydrogen) atoms. The van der Waals surface area contributed by atoms with E-state index in [-0.39, 0.29) is 23.4 Å². The number of aliphatic hydroxyl groups is 1. The molecule has 0 aromatic heterocycles. The summed E-state index contributed by atoms with van der Waals surface area (Å²) in [5, 5.41) is 11.2. The molecular formula is C20H28O4. The van der Waals surface area contributed by atoms with Gasteiger partial charge in [-0.05, 0) is 51.2 Å². The third-order valence-electron chi connectivity index (χ3n) is 6.44. The number of carbonyl (C=O) groups excluding carboxylic acids is 1. The first kappa shape index (κ1) is 17.3. The average molecular weight is 332 g/mol. The lowest BCUT2D eigenvalue weighted by molar-refractivity contribution is -0.159. The van der Waals surface area contributed by atoms with Crippen molar-refractivity contribution in [3.63, 3.8) is 0 Å². The van der Waals surface area contributed by atoms with E-state index in [1.165, 1.54) is 0 Å². The molecule has 4 nitrogen and oxygen atoms in total. The highest BCUT2D eigenvalue weighted by molar-refractivity contribution is 5.87. The smallest absolute Gasteiger partial charge is 0.333 e. The van der Waals surface area contributed by atoms with Gasteiger partial charge in [0.1, 0.15) is 18.5 Å². The number of rotatable bonds is 2. The SMILES string of the molecule is C/C=C(/C)C(=O)O[C@@H]1CC[C@H](C)[C@]2(C)C1C=C1OCC(C)=C1[C@@H]2O. The predicted octanol–water partition coefficient (Wildman–Crippen LogP) is 3.52. The van der Waals surface area contributed by atoms with E-state index in [4.69, 9.17) is 9.47 Å². The fraction of sp³-hybridized carbons (Fsp3) is 0.650. The molecule has 1 unspecified atom stereocenters. The van der Waals surface area contributed by atoms with Crippen molar-refractivity contribution in [2.45, 2.75) is 59.7 Å². The van der Waals surface area contributed by atoms with Gasteiger partial charge >= 0.3 is 5.97 Å². The molecule has 3 aliphatic rings. The highest BCUT2D eigenvalue weighted by atomic mass is 16.5. The second kappa shape index (κ2) is 6.07. The van der Waals surface area contributed by atoms with Gasteiger partial charge in [0.2, 0.25) is 0 Å². The van der Waals surface area contributed by atoms with Crippen LogP contribution in [0.2, 0.25) is 0 Å². The first-order chi connectivity index (χ1) is 11.3. The van der Waals surface area contributed by atoms with E-state index in [9.17, 15) is 9.90 Å². The van der Waals surface area contributed by atoms with Gasteiger partial charge in [0, 0.05) is 22.5 Å². The minimum absolute atomic E-state index is 0.0329. The zero-order valence-electron chi connectivity index (χ0n) is 15.3. The van der Waals surface area contributed by atoms with Crippen LogP contribution in [0.5, 0.6) is 0 Å². The Morgan fingerprint density at radius 1 is 1.46 bits per heavy atom. The number of ether oxygens (including phenoxy) is 2. The largest absolute Gasteiger partial charge is 0.489 e. The van der Waals surface area contributed by atoms with Gasteiger partial charge in [-0.3, -0.25) is 0 Å². The molecule has 1 saturated carbocycles. The van der Waals surface area contributed by atoms with E-state index < -0.39 is 6.10 Å². The maximum atomic E-state index is 12.2. The normalized spacial score (nSPS) is 38.9. The lowest BCUT2D eigenvalue weighted by Crippen LogP contribution is -2.55. The van der Waals surface area contributed by atoms with Crippen molar-refractivity contribution >= 4 is 5.97 Å². The molecule has 0 saturated heterocycles. The van der Waals surface area contributed by atoms with Gasteiger partial charge in [0.15, 0.2) is 0 Å². The first-order valence-corrected chi connectivity index (χ1v) is 8.87. The molecule has 0 amide bonds. The Bertz CT molecular complexity index is 642. The second-order valence-electron chi connectivity index (χ2n) is 7.70. The summed E-state index contributed by atoms with van der Waals surface area (Å²) in [4.78, 5) is 12.2. The Morgan fingerprint density at radius 3 is 2.83 bits per heavy atom. The summed E-state index contributed by atoms with van der Waals surface area (Å²) in [6.07, 6.45) is 4.82. The molecular weight excluding hydrogens is 304 g/mol. The standard InChI is InChI=1S/C20H28O4/c1-6-11(2)19(22)24-15-8-7-13(4)20(5)14(15)9-16-17(18(20)21)12(3)10-23-16/h6,9,13-15,18,21H,7-8,10H2,1-5H3/b11-6-/t13-,14?,15+,18-,20+/m0/s1. The number of hydrogen-bond donors (Lipinski definition) is 1. The summed E-state index contributed by atoms with van der Waals surface area (Å²) in [7, 11) is 0. The molecule has 0 aromatic carbocycles. The number of aliphatic hydroxyl groups excluding tert-OH is 1. The highest BCUT2D eigenvalue weighted by Gasteiger charge is 2.56. The Hall–Kier alpha value is -1.55. The van der Waals surface area contributed by atoms with Crippen LogP contribution in [0.15, 0.2) is 34.6 Å². The molecule has 4 heteroatoms. The van der Waals surface area contributed by atoms with Gasteiger partial charge in [-0.2, -0.15) is 0 Å². The maximum Gasteiger partial charge on any atom is 0.333 e. The number of esters is 1. The first-order valence-electron chi connectivity index (χ1n) is 8.87. The van der Waals surface area contributed by atoms with Crippen molar-refractivity contribution in [1.82, 2.24) is 0 Å². The molecule has 3 rings (SSSR count). The quantitative estimate of drug-likeness (QED) is 0.621. The molecule has 132 valence electrons. The molecule has 0 bridgehead atoms. The van der Waals surface area contributed by atoms with Crippen LogP contribution in [0.25, 0.3) is 0 Å². The van der Waals surface area contributed by atoms with Gasteiger partial charge in [-0.25, -0.2) is 4.79 Å². The number of carbonyl (C=O) groups is 1. The number of fused-ring (bicyclic) bond motifs is 2. The highest BCUT2D eigenvalue weighted by Crippen LogP contribution is 2.56. The molecule has 2 aliphatic carbocycles. The Balaban J connectivity index is 1.98. The molecule has 0 aromatic rings. The zero-order valence-corrected chi connectivity index (χ0v) is 15.3. The van der Waals surface area contributed by atoms with E-state index in [1.54, 1.807) is 13.0 Å². The molecule has 5 atom stereocenters. The van der Waals surface area contributed by atoms with E-state index in [0.29, 0.717) is 18.1 Å². The van der Waals surface area contributed by atoms with Crippen LogP contribution in [0.4, 0.5) is 0 Å². The summed E-state index contributed by atoms with van der Waals surface area (Å²) in [5.74, 6) is 0.820. The van der Waals surface area contributed by atoms with Crippen LogP contribution in [-0.2, 0) is 14.3 Å². The predicted molar refractivity (Wildman–Crippen MR) is 92.0 cm³/mol. The van der Waals surface area contributed by atoms with Crippen molar-refractivity contribution in [2.24, 2.45) is 17.3 Å². The molecule has 1 fully saturated rings. The van der Waals surface area contributed by atoms with Gasteiger partial charge in [-0.15, -0.1) is 0 Å². The van der Waals surface area contributed by atoms with Crippen molar-refractivity contribution in [2.75, 3.05) is 6.61 Å². The molecule has 1 aliphatic heterocycles. The van der Waals surface area contributed by atoms with Crippen molar-refractivity contribution in [1.29, 1.82) is 0 Å². The average Bonchev–Trinajstić information content (AvgIpc) is 2.93. The minimum Gasteiger partial charge on any atom is -0.489 e. The van der Waals surface area contributed by atoms with Crippen LogP contribution in [0.1, 0.15) is 47.5 Å². The van der Waals surface area contributed by atoms with Crippen molar-refractivity contribution in [3.8, 4) is 0 Å². The monoisotopic (exact) mass is 332 g/mol. The van der Waals surface area contributed by atoms with Crippen LogP contribution in [0, 0.1) is 17.3 Å². The Kier molecular flexibility index (Phi) is 4.37. The third kappa shape index (κ3) is 2.43. The van der Waals surface area contributed by atoms with E-state index in [1.807, 2.05) is 13.8 Å². The van der Waals surface area contributed by atoms with Gasteiger partial charge in [0.05, 0.1) is 6.10 Å². The fourth-order valence-corrected chi connectivity index (χ4v) is 4.39. The summed E-state index contributed by atoms with van der Waals surface area (Å²) < 4.78 is 11.6. The molecule has 0 spiro atoms. The van der Waals surface area contributed by atoms with E-state index >= 15 is 0 Å². The third-order valence-corrected chi connectivity index (χ3v) is 6.44.